The predicted molar refractivity (Wildman–Crippen MR) is 158 cm³/mol. The molecule has 3 aromatic heterocycles. The normalized spacial score (nSPS) is 11.1. The molecule has 0 fully saturated rings. The number of amides is 2. The molecule has 0 aliphatic rings. The maximum atomic E-state index is 13.2. The lowest BCUT2D eigenvalue weighted by atomic mass is 10.0. The van der Waals surface area contributed by atoms with E-state index in [-0.39, 0.29) is 18.9 Å². The largest absolute Gasteiger partial charge is 0.444 e. The average Bonchev–Trinajstić information content (AvgIpc) is 2.86. The van der Waals surface area contributed by atoms with Gasteiger partial charge in [0.25, 0.3) is 5.91 Å². The number of aromatic nitrogens is 3. The van der Waals surface area contributed by atoms with Gasteiger partial charge in [-0.25, -0.2) is 9.78 Å². The van der Waals surface area contributed by atoms with Crippen LogP contribution in [0.4, 0.5) is 10.6 Å². The number of fused-ring (bicyclic) bond motifs is 1. The molecule has 10 heteroatoms. The Balaban J connectivity index is 1.50. The number of pyridine rings is 3. The standard InChI is InChI=1S/C31H31ClN6O3/c1-18-10-28(38-30(40)41-31(3,4)5)36-19(2)26(18)17-35-29(39)22-14-24(8-9-33)37-25(15-22)12-20-6-7-27-21(11-20)13-23(32)16-34-27/h6-7,10-11,13-16H,8,12,17H2,1-5H3,(H,35,39)(H,36,38,40). The van der Waals surface area contributed by atoms with Gasteiger partial charge in [0, 0.05) is 41.5 Å². The van der Waals surface area contributed by atoms with Crippen LogP contribution in [0.2, 0.25) is 5.02 Å². The zero-order valence-corrected chi connectivity index (χ0v) is 24.4. The number of carbonyl (C=O) groups is 2. The summed E-state index contributed by atoms with van der Waals surface area (Å²) < 4.78 is 5.30. The van der Waals surface area contributed by atoms with E-state index in [1.165, 1.54) is 0 Å². The molecule has 4 aromatic rings. The molecule has 0 unspecified atom stereocenters. The van der Waals surface area contributed by atoms with Gasteiger partial charge in [-0.1, -0.05) is 17.7 Å². The minimum Gasteiger partial charge on any atom is -0.444 e. The van der Waals surface area contributed by atoms with Crippen molar-refractivity contribution in [2.24, 2.45) is 0 Å². The van der Waals surface area contributed by atoms with Gasteiger partial charge >= 0.3 is 6.09 Å². The highest BCUT2D eigenvalue weighted by atomic mass is 35.5. The average molecular weight is 571 g/mol. The van der Waals surface area contributed by atoms with Crippen LogP contribution in [0, 0.1) is 25.2 Å². The second-order valence-corrected chi connectivity index (χ2v) is 11.2. The number of ether oxygens (including phenoxy) is 1. The minimum atomic E-state index is -0.625. The highest BCUT2D eigenvalue weighted by molar-refractivity contribution is 6.31. The number of benzene rings is 1. The Hall–Kier alpha value is -4.55. The van der Waals surface area contributed by atoms with Crippen LogP contribution in [0.1, 0.15) is 64.9 Å². The van der Waals surface area contributed by atoms with E-state index in [9.17, 15) is 14.9 Å². The third kappa shape index (κ3) is 7.99. The number of nitriles is 1. The van der Waals surface area contributed by atoms with E-state index in [0.717, 1.165) is 27.6 Å². The molecule has 0 atom stereocenters. The van der Waals surface area contributed by atoms with Gasteiger partial charge in [-0.2, -0.15) is 5.26 Å². The van der Waals surface area contributed by atoms with Crippen molar-refractivity contribution in [3.05, 3.63) is 93.0 Å². The zero-order valence-electron chi connectivity index (χ0n) is 23.6. The Labute approximate surface area is 243 Å². The molecule has 41 heavy (non-hydrogen) atoms. The third-order valence-corrected chi connectivity index (χ3v) is 6.37. The van der Waals surface area contributed by atoms with Gasteiger partial charge in [0.15, 0.2) is 0 Å². The molecule has 4 rings (SSSR count). The van der Waals surface area contributed by atoms with Crippen LogP contribution < -0.4 is 10.6 Å². The first kappa shape index (κ1) is 29.4. The smallest absolute Gasteiger partial charge is 0.413 e. The molecule has 1 aromatic carbocycles. The van der Waals surface area contributed by atoms with Crippen LogP contribution in [0.25, 0.3) is 10.9 Å². The van der Waals surface area contributed by atoms with E-state index in [1.807, 2.05) is 38.1 Å². The van der Waals surface area contributed by atoms with Gasteiger partial charge < -0.3 is 10.1 Å². The Morgan fingerprint density at radius 1 is 1.05 bits per heavy atom. The van der Waals surface area contributed by atoms with E-state index in [2.05, 4.69) is 31.7 Å². The molecule has 0 aliphatic carbocycles. The lowest BCUT2D eigenvalue weighted by molar-refractivity contribution is 0.0635. The van der Waals surface area contributed by atoms with Crippen LogP contribution in [-0.2, 0) is 24.1 Å². The quantitative estimate of drug-likeness (QED) is 0.269. The highest BCUT2D eigenvalue weighted by Crippen LogP contribution is 2.21. The fraction of sp³-hybridized carbons (Fsp3) is 0.290. The first-order valence-corrected chi connectivity index (χ1v) is 13.4. The number of rotatable bonds is 7. The maximum Gasteiger partial charge on any atom is 0.413 e. The summed E-state index contributed by atoms with van der Waals surface area (Å²) in [6.07, 6.45) is 1.57. The number of halogens is 1. The zero-order chi connectivity index (χ0) is 29.7. The van der Waals surface area contributed by atoms with Crippen LogP contribution >= 0.6 is 11.6 Å². The number of aryl methyl sites for hydroxylation is 2. The first-order valence-electron chi connectivity index (χ1n) is 13.1. The summed E-state index contributed by atoms with van der Waals surface area (Å²) in [5, 5.41) is 16.3. The van der Waals surface area contributed by atoms with Gasteiger partial charge in [-0.3, -0.25) is 20.1 Å². The fourth-order valence-corrected chi connectivity index (χ4v) is 4.55. The van der Waals surface area contributed by atoms with E-state index in [0.29, 0.717) is 39.9 Å². The fourth-order valence-electron chi connectivity index (χ4n) is 4.38. The summed E-state index contributed by atoms with van der Waals surface area (Å²) in [5.74, 6) is 0.0769. The number of nitrogens with one attached hydrogen (secondary N) is 2. The van der Waals surface area contributed by atoms with Crippen molar-refractivity contribution in [2.45, 2.75) is 59.6 Å². The predicted octanol–water partition coefficient (Wildman–Crippen LogP) is 6.23. The van der Waals surface area contributed by atoms with Crippen molar-refractivity contribution >= 4 is 40.3 Å². The number of nitrogens with zero attached hydrogens (tertiary/aromatic N) is 4. The van der Waals surface area contributed by atoms with Crippen molar-refractivity contribution < 1.29 is 14.3 Å². The van der Waals surface area contributed by atoms with Crippen LogP contribution in [0.5, 0.6) is 0 Å². The molecule has 2 N–H and O–H groups in total. The molecule has 0 radical (unpaired) electrons. The topological polar surface area (TPSA) is 130 Å². The van der Waals surface area contributed by atoms with Crippen molar-refractivity contribution in [1.29, 1.82) is 5.26 Å². The summed E-state index contributed by atoms with van der Waals surface area (Å²) in [6.45, 7) is 9.30. The Bertz CT molecular complexity index is 1650. The Morgan fingerprint density at radius 2 is 1.80 bits per heavy atom. The monoisotopic (exact) mass is 570 g/mol. The van der Waals surface area contributed by atoms with Gasteiger partial charge in [0.05, 0.1) is 28.7 Å². The van der Waals surface area contributed by atoms with Crippen LogP contribution in [-0.4, -0.2) is 32.6 Å². The second kappa shape index (κ2) is 12.3. The molecular weight excluding hydrogens is 540 g/mol. The van der Waals surface area contributed by atoms with Gasteiger partial charge in [-0.05, 0) is 87.7 Å². The molecule has 3 heterocycles. The lowest BCUT2D eigenvalue weighted by Crippen LogP contribution is -2.28. The van der Waals surface area contributed by atoms with E-state index >= 15 is 0 Å². The SMILES string of the molecule is Cc1cc(NC(=O)OC(C)(C)C)nc(C)c1CNC(=O)c1cc(CC#N)nc(Cc2ccc3ncc(Cl)cc3c2)c1. The number of anilines is 1. The number of hydrogen-bond donors (Lipinski definition) is 2. The van der Waals surface area contributed by atoms with Crippen molar-refractivity contribution in [3.8, 4) is 6.07 Å². The lowest BCUT2D eigenvalue weighted by Gasteiger charge is -2.20. The molecule has 0 saturated carbocycles. The Kier molecular flexibility index (Phi) is 8.84. The second-order valence-electron chi connectivity index (χ2n) is 10.7. The molecule has 2 amide bonds. The summed E-state index contributed by atoms with van der Waals surface area (Å²) in [4.78, 5) is 38.7. The highest BCUT2D eigenvalue weighted by Gasteiger charge is 2.18. The molecule has 0 saturated heterocycles. The summed E-state index contributed by atoms with van der Waals surface area (Å²) in [6, 6.07) is 14.9. The summed E-state index contributed by atoms with van der Waals surface area (Å²) >= 11 is 6.11. The summed E-state index contributed by atoms with van der Waals surface area (Å²) in [5.41, 5.74) is 5.15. The van der Waals surface area contributed by atoms with Crippen molar-refractivity contribution in [1.82, 2.24) is 20.3 Å². The number of hydrogen-bond acceptors (Lipinski definition) is 7. The molecule has 0 bridgehead atoms. The van der Waals surface area contributed by atoms with E-state index in [4.69, 9.17) is 16.3 Å². The molecular formula is C31H31ClN6O3. The van der Waals surface area contributed by atoms with Crippen LogP contribution in [0.15, 0.2) is 48.7 Å². The first-order chi connectivity index (χ1) is 19.4. The van der Waals surface area contributed by atoms with Gasteiger partial charge in [-0.15, -0.1) is 0 Å². The Morgan fingerprint density at radius 3 is 2.51 bits per heavy atom. The van der Waals surface area contributed by atoms with Gasteiger partial charge in [0.2, 0.25) is 0 Å². The minimum absolute atomic E-state index is 0.0830. The van der Waals surface area contributed by atoms with E-state index < -0.39 is 11.7 Å². The van der Waals surface area contributed by atoms with E-state index in [1.54, 1.807) is 45.2 Å². The molecule has 210 valence electrons. The summed E-state index contributed by atoms with van der Waals surface area (Å²) in [7, 11) is 0. The van der Waals surface area contributed by atoms with Crippen molar-refractivity contribution in [2.75, 3.05) is 5.32 Å². The van der Waals surface area contributed by atoms with Crippen molar-refractivity contribution in [3.63, 3.8) is 0 Å². The van der Waals surface area contributed by atoms with Crippen LogP contribution in [0.3, 0.4) is 0 Å². The van der Waals surface area contributed by atoms with Gasteiger partial charge in [0.1, 0.15) is 11.4 Å². The third-order valence-electron chi connectivity index (χ3n) is 6.16. The molecule has 9 nitrogen and oxygen atoms in total. The molecule has 0 spiro atoms. The maximum absolute atomic E-state index is 13.2. The number of carbonyl (C=O) groups excluding carboxylic acids is 2. The molecule has 0 aliphatic heterocycles.